The van der Waals surface area contributed by atoms with E-state index in [-0.39, 0.29) is 18.4 Å². The maximum absolute atomic E-state index is 12.4. The van der Waals surface area contributed by atoms with Gasteiger partial charge in [-0.05, 0) is 55.7 Å². The van der Waals surface area contributed by atoms with Crippen LogP contribution in [0.15, 0.2) is 48.5 Å². The van der Waals surface area contributed by atoms with Crippen LogP contribution in [0.1, 0.15) is 30.9 Å². The molecule has 1 amide bonds. The molecule has 150 valence electrons. The molecule has 28 heavy (non-hydrogen) atoms. The van der Waals surface area contributed by atoms with Gasteiger partial charge in [0.1, 0.15) is 11.5 Å². The third-order valence-corrected chi connectivity index (χ3v) is 4.60. The summed E-state index contributed by atoms with van der Waals surface area (Å²) in [6, 6.07) is 14.6. The first-order valence-corrected chi connectivity index (χ1v) is 9.30. The molecule has 2 rings (SSSR count). The molecule has 0 heterocycles. The molecule has 0 aliphatic carbocycles. The summed E-state index contributed by atoms with van der Waals surface area (Å²) in [6.07, 6.45) is 0.332. The first-order valence-electron chi connectivity index (χ1n) is 9.30. The van der Waals surface area contributed by atoms with E-state index in [4.69, 9.17) is 9.47 Å². The largest absolute Gasteiger partial charge is 0.497 e. The van der Waals surface area contributed by atoms with Crippen LogP contribution in [0, 0.1) is 5.92 Å². The molecule has 0 bridgehead atoms. The van der Waals surface area contributed by atoms with Gasteiger partial charge in [-0.25, -0.2) is 0 Å². The molecule has 0 saturated heterocycles. The molecule has 0 fully saturated rings. The maximum Gasteiger partial charge on any atom is 0.308 e. The number of benzene rings is 2. The fourth-order valence-electron chi connectivity index (χ4n) is 2.84. The summed E-state index contributed by atoms with van der Waals surface area (Å²) in [5, 5.41) is 12.3. The number of amides is 1. The normalized spacial score (nSPS) is 12.7. The Morgan fingerprint density at radius 2 is 1.64 bits per heavy atom. The summed E-state index contributed by atoms with van der Waals surface area (Å²) in [5.41, 5.74) is 1.73. The van der Waals surface area contributed by atoms with Crippen molar-refractivity contribution in [3.8, 4) is 11.5 Å². The molecule has 0 saturated carbocycles. The average Bonchev–Trinajstić information content (AvgIpc) is 2.71. The molecule has 0 aromatic heterocycles. The van der Waals surface area contributed by atoms with Crippen molar-refractivity contribution >= 4 is 11.9 Å². The Balaban J connectivity index is 1.94. The van der Waals surface area contributed by atoms with Gasteiger partial charge in [-0.2, -0.15) is 0 Å². The number of carboxylic acid groups (broad SMARTS) is 1. The van der Waals surface area contributed by atoms with Gasteiger partial charge >= 0.3 is 5.97 Å². The smallest absolute Gasteiger partial charge is 0.308 e. The second-order valence-corrected chi connectivity index (χ2v) is 6.56. The molecule has 0 aliphatic heterocycles. The van der Waals surface area contributed by atoms with Crippen molar-refractivity contribution in [2.75, 3.05) is 20.3 Å². The number of hydrogen-bond donors (Lipinski definition) is 2. The van der Waals surface area contributed by atoms with Crippen LogP contribution >= 0.6 is 0 Å². The number of carbonyl (C=O) groups is 2. The van der Waals surface area contributed by atoms with Gasteiger partial charge in [0.2, 0.25) is 5.91 Å². The summed E-state index contributed by atoms with van der Waals surface area (Å²) in [4.78, 5) is 24.0. The second kappa shape index (κ2) is 10.3. The van der Waals surface area contributed by atoms with Crippen molar-refractivity contribution in [3.05, 3.63) is 59.7 Å². The topological polar surface area (TPSA) is 84.9 Å². The minimum absolute atomic E-state index is 0.0713. The van der Waals surface area contributed by atoms with E-state index in [0.717, 1.165) is 22.6 Å². The Hall–Kier alpha value is -3.02. The Bertz CT molecular complexity index is 771. The lowest BCUT2D eigenvalue weighted by Crippen LogP contribution is -2.36. The number of carboxylic acids is 1. The fraction of sp³-hybridized carbons (Fsp3) is 0.364. The summed E-state index contributed by atoms with van der Waals surface area (Å²) in [6.45, 7) is 4.35. The van der Waals surface area contributed by atoms with Crippen molar-refractivity contribution < 1.29 is 24.2 Å². The SMILES string of the molecule is CCOc1ccc(CC(CNC(=O)C(C)c2ccc(OC)cc2)C(=O)O)cc1. The van der Waals surface area contributed by atoms with E-state index in [0.29, 0.717) is 13.0 Å². The molecule has 0 spiro atoms. The predicted octanol–water partition coefficient (Wildman–Crippen LogP) is 3.26. The van der Waals surface area contributed by atoms with Crippen LogP contribution in [0.3, 0.4) is 0 Å². The molecular formula is C22H27NO5. The molecular weight excluding hydrogens is 358 g/mol. The zero-order valence-electron chi connectivity index (χ0n) is 16.5. The molecule has 6 nitrogen and oxygen atoms in total. The Morgan fingerprint density at radius 1 is 1.04 bits per heavy atom. The van der Waals surface area contributed by atoms with Crippen molar-refractivity contribution in [2.45, 2.75) is 26.2 Å². The third kappa shape index (κ3) is 6.01. The summed E-state index contributed by atoms with van der Waals surface area (Å²) in [7, 11) is 1.58. The molecule has 0 radical (unpaired) electrons. The van der Waals surface area contributed by atoms with Gasteiger partial charge < -0.3 is 19.9 Å². The number of ether oxygens (including phenoxy) is 2. The van der Waals surface area contributed by atoms with Crippen molar-refractivity contribution in [1.29, 1.82) is 0 Å². The number of aliphatic carboxylic acids is 1. The number of methoxy groups -OCH3 is 1. The molecule has 6 heteroatoms. The molecule has 2 unspecified atom stereocenters. The molecule has 2 aromatic carbocycles. The predicted molar refractivity (Wildman–Crippen MR) is 107 cm³/mol. The van der Waals surface area contributed by atoms with Crippen LogP contribution in [-0.2, 0) is 16.0 Å². The lowest BCUT2D eigenvalue weighted by Gasteiger charge is -2.17. The zero-order valence-corrected chi connectivity index (χ0v) is 16.5. The monoisotopic (exact) mass is 385 g/mol. The van der Waals surface area contributed by atoms with E-state index in [2.05, 4.69) is 5.32 Å². The minimum atomic E-state index is -0.939. The van der Waals surface area contributed by atoms with Crippen molar-refractivity contribution in [2.24, 2.45) is 5.92 Å². The van der Waals surface area contributed by atoms with Gasteiger partial charge in [0.05, 0.1) is 25.6 Å². The van der Waals surface area contributed by atoms with Gasteiger partial charge in [0.15, 0.2) is 0 Å². The highest BCUT2D eigenvalue weighted by Gasteiger charge is 2.21. The second-order valence-electron chi connectivity index (χ2n) is 6.56. The van der Waals surface area contributed by atoms with Crippen LogP contribution in [0.5, 0.6) is 11.5 Å². The number of nitrogens with one attached hydrogen (secondary N) is 1. The van der Waals surface area contributed by atoms with E-state index in [9.17, 15) is 14.7 Å². The standard InChI is InChI=1S/C22H27NO5/c1-4-28-20-9-5-16(6-10-20)13-18(22(25)26)14-23-21(24)15(2)17-7-11-19(27-3)12-8-17/h5-12,15,18H,4,13-14H2,1-3H3,(H,23,24)(H,25,26). The Morgan fingerprint density at radius 3 is 2.18 bits per heavy atom. The maximum atomic E-state index is 12.4. The van der Waals surface area contributed by atoms with E-state index in [1.54, 1.807) is 26.2 Å². The summed E-state index contributed by atoms with van der Waals surface area (Å²) in [5.74, 6) is -0.761. The summed E-state index contributed by atoms with van der Waals surface area (Å²) < 4.78 is 10.5. The fourth-order valence-corrected chi connectivity index (χ4v) is 2.84. The lowest BCUT2D eigenvalue weighted by atomic mass is 9.97. The van der Waals surface area contributed by atoms with Gasteiger partial charge in [0.25, 0.3) is 0 Å². The Kier molecular flexibility index (Phi) is 7.87. The van der Waals surface area contributed by atoms with Crippen LogP contribution in [0.2, 0.25) is 0 Å². The average molecular weight is 385 g/mol. The van der Waals surface area contributed by atoms with Crippen LogP contribution in [0.4, 0.5) is 0 Å². The Labute approximate surface area is 165 Å². The van der Waals surface area contributed by atoms with E-state index >= 15 is 0 Å². The number of carbonyl (C=O) groups excluding carboxylic acids is 1. The summed E-state index contributed by atoms with van der Waals surface area (Å²) >= 11 is 0. The zero-order chi connectivity index (χ0) is 20.5. The minimum Gasteiger partial charge on any atom is -0.497 e. The highest BCUT2D eigenvalue weighted by molar-refractivity contribution is 5.83. The first-order chi connectivity index (χ1) is 13.4. The lowest BCUT2D eigenvalue weighted by molar-refractivity contribution is -0.141. The van der Waals surface area contributed by atoms with Gasteiger partial charge in [-0.3, -0.25) is 9.59 Å². The van der Waals surface area contributed by atoms with E-state index in [1.165, 1.54) is 0 Å². The van der Waals surface area contributed by atoms with Crippen LogP contribution < -0.4 is 14.8 Å². The molecule has 2 atom stereocenters. The number of rotatable bonds is 10. The van der Waals surface area contributed by atoms with Gasteiger partial charge in [-0.15, -0.1) is 0 Å². The molecule has 2 N–H and O–H groups in total. The van der Waals surface area contributed by atoms with Crippen molar-refractivity contribution in [3.63, 3.8) is 0 Å². The van der Waals surface area contributed by atoms with Crippen molar-refractivity contribution in [1.82, 2.24) is 5.32 Å². The van der Waals surface area contributed by atoms with Gasteiger partial charge in [0, 0.05) is 6.54 Å². The highest BCUT2D eigenvalue weighted by atomic mass is 16.5. The first kappa shape index (κ1) is 21.3. The van der Waals surface area contributed by atoms with Crippen LogP contribution in [-0.4, -0.2) is 37.2 Å². The third-order valence-electron chi connectivity index (χ3n) is 4.60. The van der Waals surface area contributed by atoms with Gasteiger partial charge in [-0.1, -0.05) is 24.3 Å². The van der Waals surface area contributed by atoms with Crippen LogP contribution in [0.25, 0.3) is 0 Å². The highest BCUT2D eigenvalue weighted by Crippen LogP contribution is 2.20. The van der Waals surface area contributed by atoms with E-state index in [1.807, 2.05) is 43.3 Å². The molecule has 0 aliphatic rings. The molecule has 2 aromatic rings. The quantitative estimate of drug-likeness (QED) is 0.656. The number of hydrogen-bond acceptors (Lipinski definition) is 4. The van der Waals surface area contributed by atoms with E-state index < -0.39 is 11.9 Å².